The van der Waals surface area contributed by atoms with Gasteiger partial charge in [0, 0.05) is 12.5 Å². The van der Waals surface area contributed by atoms with Gasteiger partial charge in [-0.05, 0) is 37.6 Å². The molecule has 1 unspecified atom stereocenters. The smallest absolute Gasteiger partial charge is 0.389 e. The van der Waals surface area contributed by atoms with Gasteiger partial charge in [-0.15, -0.1) is 0 Å². The lowest BCUT2D eigenvalue weighted by atomic mass is 10.1. The van der Waals surface area contributed by atoms with Crippen molar-refractivity contribution in [3.8, 4) is 5.75 Å². The van der Waals surface area contributed by atoms with Crippen LogP contribution in [0.4, 0.5) is 17.6 Å². The standard InChI is InChI=1S/C13H17F4NO/c1-9(18-7-3-6-13(15,16)17)10-4-5-12(19-2)11(14)8-10/h4-5,8-9,18H,3,6-7H2,1-2H3. The zero-order valence-corrected chi connectivity index (χ0v) is 10.9. The minimum atomic E-state index is -4.13. The molecule has 0 radical (unpaired) electrons. The number of hydrogen-bond acceptors (Lipinski definition) is 2. The van der Waals surface area contributed by atoms with Crippen molar-refractivity contribution in [2.24, 2.45) is 0 Å². The zero-order valence-electron chi connectivity index (χ0n) is 10.9. The van der Waals surface area contributed by atoms with Crippen molar-refractivity contribution >= 4 is 0 Å². The maximum atomic E-state index is 13.5. The summed E-state index contributed by atoms with van der Waals surface area (Å²) in [5, 5.41) is 2.93. The van der Waals surface area contributed by atoms with Crippen molar-refractivity contribution < 1.29 is 22.3 Å². The molecule has 6 heteroatoms. The minimum absolute atomic E-state index is 0.00643. The molecule has 0 fully saturated rings. The van der Waals surface area contributed by atoms with Gasteiger partial charge < -0.3 is 10.1 Å². The van der Waals surface area contributed by atoms with Gasteiger partial charge in [0.25, 0.3) is 0 Å². The van der Waals surface area contributed by atoms with Crippen molar-refractivity contribution in [1.82, 2.24) is 5.32 Å². The normalized spacial score (nSPS) is 13.4. The lowest BCUT2D eigenvalue weighted by Gasteiger charge is -2.15. The summed E-state index contributed by atoms with van der Waals surface area (Å²) in [6, 6.07) is 4.29. The first-order valence-corrected chi connectivity index (χ1v) is 5.97. The lowest BCUT2D eigenvalue weighted by molar-refractivity contribution is -0.135. The van der Waals surface area contributed by atoms with Gasteiger partial charge in [-0.3, -0.25) is 0 Å². The number of hydrogen-bond donors (Lipinski definition) is 1. The van der Waals surface area contributed by atoms with Gasteiger partial charge in [0.2, 0.25) is 0 Å². The molecule has 1 atom stereocenters. The van der Waals surface area contributed by atoms with E-state index in [9.17, 15) is 17.6 Å². The lowest BCUT2D eigenvalue weighted by Crippen LogP contribution is -2.21. The van der Waals surface area contributed by atoms with E-state index in [2.05, 4.69) is 5.32 Å². The SMILES string of the molecule is COc1ccc(C(C)NCCCC(F)(F)F)cc1F. The van der Waals surface area contributed by atoms with E-state index < -0.39 is 18.4 Å². The topological polar surface area (TPSA) is 21.3 Å². The van der Waals surface area contributed by atoms with Crippen molar-refractivity contribution in [2.45, 2.75) is 32.0 Å². The maximum absolute atomic E-state index is 13.5. The Hall–Kier alpha value is -1.30. The Morgan fingerprint density at radius 1 is 1.32 bits per heavy atom. The van der Waals surface area contributed by atoms with E-state index in [4.69, 9.17) is 4.74 Å². The Labute approximate surface area is 109 Å². The van der Waals surface area contributed by atoms with Gasteiger partial charge in [0.05, 0.1) is 7.11 Å². The molecule has 1 aromatic rings. The maximum Gasteiger partial charge on any atom is 0.389 e. The summed E-state index contributed by atoms with van der Waals surface area (Å²) in [5.74, 6) is -0.336. The highest BCUT2D eigenvalue weighted by Gasteiger charge is 2.25. The van der Waals surface area contributed by atoms with Crippen LogP contribution in [0.25, 0.3) is 0 Å². The van der Waals surface area contributed by atoms with Crippen LogP contribution >= 0.6 is 0 Å². The molecule has 0 aliphatic heterocycles. The summed E-state index contributed by atoms with van der Waals surface area (Å²) in [7, 11) is 1.37. The van der Waals surface area contributed by atoms with Crippen molar-refractivity contribution in [3.05, 3.63) is 29.6 Å². The highest BCUT2D eigenvalue weighted by molar-refractivity contribution is 5.30. The molecule has 1 aromatic carbocycles. The Morgan fingerprint density at radius 3 is 2.53 bits per heavy atom. The Balaban J connectivity index is 2.45. The van der Waals surface area contributed by atoms with Gasteiger partial charge in [-0.2, -0.15) is 13.2 Å². The second kappa shape index (κ2) is 6.75. The first kappa shape index (κ1) is 15.8. The summed E-state index contributed by atoms with van der Waals surface area (Å²) in [6.45, 7) is 2.00. The predicted octanol–water partition coefficient (Wildman–Crippen LogP) is 3.83. The number of rotatable bonds is 6. The third-order valence-electron chi connectivity index (χ3n) is 2.76. The molecular weight excluding hydrogens is 262 g/mol. The fourth-order valence-electron chi connectivity index (χ4n) is 1.68. The molecular formula is C13H17F4NO. The molecule has 0 aliphatic rings. The van der Waals surface area contributed by atoms with E-state index in [1.54, 1.807) is 13.0 Å². The number of methoxy groups -OCH3 is 1. The summed E-state index contributed by atoms with van der Waals surface area (Å²) >= 11 is 0. The quantitative estimate of drug-likeness (QED) is 0.631. The van der Waals surface area contributed by atoms with Gasteiger partial charge >= 0.3 is 6.18 Å². The monoisotopic (exact) mass is 279 g/mol. The second-order valence-electron chi connectivity index (χ2n) is 4.29. The average molecular weight is 279 g/mol. The second-order valence-corrected chi connectivity index (χ2v) is 4.29. The summed E-state index contributed by atoms with van der Waals surface area (Å²) in [5.41, 5.74) is 0.672. The van der Waals surface area contributed by atoms with Crippen LogP contribution in [0.3, 0.4) is 0 Å². The average Bonchev–Trinajstić information content (AvgIpc) is 2.33. The Kier molecular flexibility index (Phi) is 5.60. The number of benzene rings is 1. The van der Waals surface area contributed by atoms with E-state index in [1.807, 2.05) is 0 Å². The van der Waals surface area contributed by atoms with Gasteiger partial charge in [0.15, 0.2) is 11.6 Å². The zero-order chi connectivity index (χ0) is 14.5. The Bertz CT molecular complexity index is 406. The highest BCUT2D eigenvalue weighted by Crippen LogP contribution is 2.23. The van der Waals surface area contributed by atoms with Crippen LogP contribution in [0, 0.1) is 5.82 Å². The first-order valence-electron chi connectivity index (χ1n) is 5.97. The molecule has 19 heavy (non-hydrogen) atoms. The van der Waals surface area contributed by atoms with Crippen LogP contribution in [-0.4, -0.2) is 19.8 Å². The number of alkyl halides is 3. The molecule has 0 saturated heterocycles. The van der Waals surface area contributed by atoms with Crippen LogP contribution in [0.15, 0.2) is 18.2 Å². The van der Waals surface area contributed by atoms with Crippen LogP contribution in [0.5, 0.6) is 5.75 Å². The summed E-state index contributed by atoms with van der Waals surface area (Å²) < 4.78 is 54.1. The fourth-order valence-corrected chi connectivity index (χ4v) is 1.68. The van der Waals surface area contributed by atoms with Gasteiger partial charge in [-0.25, -0.2) is 4.39 Å². The van der Waals surface area contributed by atoms with E-state index in [1.165, 1.54) is 19.2 Å². The molecule has 0 amide bonds. The van der Waals surface area contributed by atoms with Crippen LogP contribution < -0.4 is 10.1 Å². The highest BCUT2D eigenvalue weighted by atomic mass is 19.4. The molecule has 2 nitrogen and oxygen atoms in total. The molecule has 0 spiro atoms. The fraction of sp³-hybridized carbons (Fsp3) is 0.538. The molecule has 1 rings (SSSR count). The number of nitrogens with one attached hydrogen (secondary N) is 1. The van der Waals surface area contributed by atoms with Crippen molar-refractivity contribution in [2.75, 3.05) is 13.7 Å². The van der Waals surface area contributed by atoms with Crippen molar-refractivity contribution in [3.63, 3.8) is 0 Å². The van der Waals surface area contributed by atoms with Crippen LogP contribution in [-0.2, 0) is 0 Å². The largest absolute Gasteiger partial charge is 0.494 e. The molecule has 0 heterocycles. The molecule has 108 valence electrons. The van der Waals surface area contributed by atoms with Crippen LogP contribution in [0.2, 0.25) is 0 Å². The molecule has 0 aliphatic carbocycles. The summed E-state index contributed by atoms with van der Waals surface area (Å²) in [4.78, 5) is 0. The molecule has 0 aromatic heterocycles. The summed E-state index contributed by atoms with van der Waals surface area (Å²) in [6.07, 6.45) is -4.94. The minimum Gasteiger partial charge on any atom is -0.494 e. The van der Waals surface area contributed by atoms with E-state index in [0.717, 1.165) is 0 Å². The number of halogens is 4. The molecule has 0 bridgehead atoms. The molecule has 1 N–H and O–H groups in total. The van der Waals surface area contributed by atoms with Gasteiger partial charge in [0.1, 0.15) is 0 Å². The van der Waals surface area contributed by atoms with Crippen molar-refractivity contribution in [1.29, 1.82) is 0 Å². The van der Waals surface area contributed by atoms with E-state index in [0.29, 0.717) is 5.56 Å². The van der Waals surface area contributed by atoms with E-state index >= 15 is 0 Å². The third kappa shape index (κ3) is 5.46. The number of ether oxygens (including phenoxy) is 1. The molecule has 0 saturated carbocycles. The van der Waals surface area contributed by atoms with E-state index in [-0.39, 0.29) is 24.8 Å². The van der Waals surface area contributed by atoms with Gasteiger partial charge in [-0.1, -0.05) is 6.07 Å². The van der Waals surface area contributed by atoms with Crippen LogP contribution in [0.1, 0.15) is 31.4 Å². The third-order valence-corrected chi connectivity index (χ3v) is 2.76. The first-order chi connectivity index (χ1) is 8.83. The predicted molar refractivity (Wildman–Crippen MR) is 64.7 cm³/mol. The Morgan fingerprint density at radius 2 is 2.00 bits per heavy atom.